The van der Waals surface area contributed by atoms with Gasteiger partial charge in [0.05, 0.1) is 5.69 Å². The van der Waals surface area contributed by atoms with Crippen LogP contribution in [0.15, 0.2) is 83.9 Å². The highest BCUT2D eigenvalue weighted by molar-refractivity contribution is 6.30. The Morgan fingerprint density at radius 3 is 2.22 bits per heavy atom. The molecule has 0 aliphatic rings. The van der Waals surface area contributed by atoms with E-state index >= 15 is 0 Å². The van der Waals surface area contributed by atoms with Gasteiger partial charge in [-0.2, -0.15) is 0 Å². The topological polar surface area (TPSA) is 50.4 Å². The Morgan fingerprint density at radius 2 is 1.52 bits per heavy atom. The first-order valence-corrected chi connectivity index (χ1v) is 7.61. The van der Waals surface area contributed by atoms with Crippen LogP contribution >= 0.6 is 11.6 Å². The second kappa shape index (κ2) is 6.99. The van der Waals surface area contributed by atoms with E-state index in [1.165, 1.54) is 5.56 Å². The van der Waals surface area contributed by atoms with Gasteiger partial charge < -0.3 is 11.1 Å². The molecule has 3 rings (SSSR count). The lowest BCUT2D eigenvalue weighted by Gasteiger charge is -2.06. The summed E-state index contributed by atoms with van der Waals surface area (Å²) in [5, 5.41) is 3.67. The number of nitrogens with zero attached hydrogens (tertiary/aromatic N) is 1. The highest BCUT2D eigenvalue weighted by atomic mass is 35.5. The zero-order valence-corrected chi connectivity index (χ0v) is 13.2. The fraction of sp³-hybridized carbons (Fsp3) is 0. The summed E-state index contributed by atoms with van der Waals surface area (Å²) in [7, 11) is 0. The van der Waals surface area contributed by atoms with Gasteiger partial charge in [-0.05, 0) is 41.5 Å². The molecule has 3 nitrogen and oxygen atoms in total. The van der Waals surface area contributed by atoms with Gasteiger partial charge in [0.2, 0.25) is 0 Å². The van der Waals surface area contributed by atoms with Crippen LogP contribution in [0.3, 0.4) is 0 Å². The van der Waals surface area contributed by atoms with E-state index in [1.807, 2.05) is 60.7 Å². The van der Waals surface area contributed by atoms with Gasteiger partial charge in [-0.25, -0.2) is 4.99 Å². The maximum atomic E-state index is 5.94. The van der Waals surface area contributed by atoms with Crippen molar-refractivity contribution < 1.29 is 0 Å². The third-order valence-electron chi connectivity index (χ3n) is 3.32. The molecule has 0 fully saturated rings. The number of aliphatic imine (C=N–C) groups is 1. The number of rotatable bonds is 3. The largest absolute Gasteiger partial charge is 0.369 e. The smallest absolute Gasteiger partial charge is 0.198 e. The second-order valence-electron chi connectivity index (χ2n) is 5.05. The molecule has 4 heteroatoms. The first-order valence-electron chi connectivity index (χ1n) is 7.23. The SMILES string of the molecule is NC(=Nc1ccc(-c2ccccc2)cc1)Nc1cccc(Cl)c1. The molecule has 3 N–H and O–H groups in total. The average molecular weight is 322 g/mol. The third-order valence-corrected chi connectivity index (χ3v) is 3.56. The molecule has 0 aliphatic heterocycles. The van der Waals surface area contributed by atoms with Crippen molar-refractivity contribution in [2.24, 2.45) is 10.7 Å². The molecular formula is C19H16ClN3. The molecule has 0 atom stereocenters. The zero-order valence-electron chi connectivity index (χ0n) is 12.4. The molecule has 3 aromatic rings. The molecule has 114 valence electrons. The molecule has 0 amide bonds. The fourth-order valence-corrected chi connectivity index (χ4v) is 2.43. The monoisotopic (exact) mass is 321 g/mol. The lowest BCUT2D eigenvalue weighted by molar-refractivity contribution is 1.44. The number of anilines is 1. The van der Waals surface area contributed by atoms with Gasteiger partial charge in [-0.3, -0.25) is 0 Å². The van der Waals surface area contributed by atoms with Gasteiger partial charge in [0.25, 0.3) is 0 Å². The van der Waals surface area contributed by atoms with E-state index in [0.717, 1.165) is 16.9 Å². The van der Waals surface area contributed by atoms with Gasteiger partial charge in [0.15, 0.2) is 5.96 Å². The molecule has 0 heterocycles. The number of nitrogens with two attached hydrogens (primary N) is 1. The van der Waals surface area contributed by atoms with Crippen LogP contribution in [0, 0.1) is 0 Å². The van der Waals surface area contributed by atoms with Crippen LogP contribution in [-0.2, 0) is 0 Å². The molecule has 0 unspecified atom stereocenters. The van der Waals surface area contributed by atoms with Crippen molar-refractivity contribution in [2.75, 3.05) is 5.32 Å². The maximum absolute atomic E-state index is 5.94. The van der Waals surface area contributed by atoms with Crippen molar-refractivity contribution in [1.82, 2.24) is 0 Å². The van der Waals surface area contributed by atoms with Gasteiger partial charge in [0.1, 0.15) is 0 Å². The first-order chi connectivity index (χ1) is 11.2. The van der Waals surface area contributed by atoms with E-state index in [4.69, 9.17) is 17.3 Å². The van der Waals surface area contributed by atoms with Crippen LogP contribution in [0.1, 0.15) is 0 Å². The number of benzene rings is 3. The highest BCUT2D eigenvalue weighted by Gasteiger charge is 1.99. The van der Waals surface area contributed by atoms with Gasteiger partial charge in [-0.1, -0.05) is 60.1 Å². The lowest BCUT2D eigenvalue weighted by atomic mass is 10.1. The van der Waals surface area contributed by atoms with Crippen LogP contribution in [0.5, 0.6) is 0 Å². The number of nitrogens with one attached hydrogen (secondary N) is 1. The Bertz CT molecular complexity index is 812. The van der Waals surface area contributed by atoms with Crippen LogP contribution in [-0.4, -0.2) is 5.96 Å². The van der Waals surface area contributed by atoms with Crippen LogP contribution < -0.4 is 11.1 Å². The standard InChI is InChI=1S/C19H16ClN3/c20-16-7-4-8-18(13-16)23-19(21)22-17-11-9-15(10-12-17)14-5-2-1-3-6-14/h1-13H,(H3,21,22,23). The molecule has 0 bridgehead atoms. The molecule has 0 aliphatic carbocycles. The van der Waals surface area contributed by atoms with Gasteiger partial charge in [-0.15, -0.1) is 0 Å². The van der Waals surface area contributed by atoms with E-state index in [1.54, 1.807) is 6.07 Å². The minimum Gasteiger partial charge on any atom is -0.369 e. The van der Waals surface area contributed by atoms with Gasteiger partial charge >= 0.3 is 0 Å². The summed E-state index contributed by atoms with van der Waals surface area (Å²) in [5.74, 6) is 0.319. The number of hydrogen-bond acceptors (Lipinski definition) is 1. The fourth-order valence-electron chi connectivity index (χ4n) is 2.24. The Kier molecular flexibility index (Phi) is 4.60. The molecular weight excluding hydrogens is 306 g/mol. The first kappa shape index (κ1) is 15.1. The average Bonchev–Trinajstić information content (AvgIpc) is 2.56. The Morgan fingerprint density at radius 1 is 0.826 bits per heavy atom. The van der Waals surface area contributed by atoms with Crippen molar-refractivity contribution in [1.29, 1.82) is 0 Å². The third kappa shape index (κ3) is 4.11. The van der Waals surface area contributed by atoms with Crippen molar-refractivity contribution in [2.45, 2.75) is 0 Å². The van der Waals surface area contributed by atoms with Crippen molar-refractivity contribution >= 4 is 28.9 Å². The summed E-state index contributed by atoms with van der Waals surface area (Å²) in [6.07, 6.45) is 0. The van der Waals surface area contributed by atoms with E-state index in [2.05, 4.69) is 22.4 Å². The minimum absolute atomic E-state index is 0.319. The van der Waals surface area contributed by atoms with E-state index in [-0.39, 0.29) is 0 Å². The number of halogens is 1. The predicted octanol–water partition coefficient (Wildman–Crippen LogP) is 5.07. The summed E-state index contributed by atoms with van der Waals surface area (Å²) in [6.45, 7) is 0. The van der Waals surface area contributed by atoms with Crippen molar-refractivity contribution in [3.05, 3.63) is 83.9 Å². The molecule has 0 spiro atoms. The molecule has 3 aromatic carbocycles. The summed E-state index contributed by atoms with van der Waals surface area (Å²) >= 11 is 5.94. The van der Waals surface area contributed by atoms with Crippen LogP contribution in [0.2, 0.25) is 5.02 Å². The molecule has 23 heavy (non-hydrogen) atoms. The van der Waals surface area contributed by atoms with Gasteiger partial charge in [0, 0.05) is 10.7 Å². The summed E-state index contributed by atoms with van der Waals surface area (Å²) < 4.78 is 0. The molecule has 0 saturated heterocycles. The Hall–Kier alpha value is -2.78. The molecule has 0 saturated carbocycles. The van der Waals surface area contributed by atoms with Crippen LogP contribution in [0.25, 0.3) is 11.1 Å². The zero-order chi connectivity index (χ0) is 16.1. The lowest BCUT2D eigenvalue weighted by Crippen LogP contribution is -2.21. The van der Waals surface area contributed by atoms with Crippen LogP contribution in [0.4, 0.5) is 11.4 Å². The summed E-state index contributed by atoms with van der Waals surface area (Å²) in [5.41, 5.74) is 9.85. The Balaban J connectivity index is 1.74. The van der Waals surface area contributed by atoms with E-state index in [9.17, 15) is 0 Å². The number of hydrogen-bond donors (Lipinski definition) is 2. The van der Waals surface area contributed by atoms with Crippen molar-refractivity contribution in [3.63, 3.8) is 0 Å². The molecule has 0 radical (unpaired) electrons. The summed E-state index contributed by atoms with van der Waals surface area (Å²) in [6, 6.07) is 25.5. The maximum Gasteiger partial charge on any atom is 0.198 e. The molecule has 0 aromatic heterocycles. The quantitative estimate of drug-likeness (QED) is 0.523. The highest BCUT2D eigenvalue weighted by Crippen LogP contribution is 2.22. The van der Waals surface area contributed by atoms with E-state index < -0.39 is 0 Å². The summed E-state index contributed by atoms with van der Waals surface area (Å²) in [4.78, 5) is 4.36. The minimum atomic E-state index is 0.319. The predicted molar refractivity (Wildman–Crippen MR) is 98.2 cm³/mol. The normalized spacial score (nSPS) is 11.3. The second-order valence-corrected chi connectivity index (χ2v) is 5.48. The Labute approximate surface area is 140 Å². The van der Waals surface area contributed by atoms with Crippen molar-refractivity contribution in [3.8, 4) is 11.1 Å². The van der Waals surface area contributed by atoms with E-state index in [0.29, 0.717) is 11.0 Å². The number of guanidine groups is 1.